The molecule has 26 heavy (non-hydrogen) atoms. The summed E-state index contributed by atoms with van der Waals surface area (Å²) in [5.74, 6) is 0.798. The molecule has 3 rings (SSSR count). The van der Waals surface area contributed by atoms with Gasteiger partial charge in [-0.3, -0.25) is 0 Å². The van der Waals surface area contributed by atoms with Gasteiger partial charge in [-0.15, -0.1) is 0 Å². The van der Waals surface area contributed by atoms with Gasteiger partial charge in [0.2, 0.25) is 0 Å². The van der Waals surface area contributed by atoms with Crippen LogP contribution in [0, 0.1) is 11.3 Å². The zero-order chi connectivity index (χ0) is 18.4. The minimum Gasteiger partial charge on any atom is -0.489 e. The smallest absolute Gasteiger partial charge is 0.119 e. The molecule has 3 aromatic carbocycles. The Morgan fingerprint density at radius 1 is 0.846 bits per heavy atom. The van der Waals surface area contributed by atoms with E-state index in [1.54, 1.807) is 0 Å². The molecule has 0 saturated carbocycles. The molecule has 0 bridgehead atoms. The van der Waals surface area contributed by atoms with Crippen molar-refractivity contribution in [1.29, 1.82) is 5.26 Å². The molecule has 2 nitrogen and oxygen atoms in total. The fourth-order valence-electron chi connectivity index (χ4n) is 2.38. The molecule has 0 aliphatic carbocycles. The van der Waals surface area contributed by atoms with Gasteiger partial charge in [0, 0.05) is 8.95 Å². The molecule has 0 radical (unpaired) electrons. The number of nitrogens with zero attached hydrogens (tertiary/aromatic N) is 1. The normalized spacial score (nSPS) is 11.0. The van der Waals surface area contributed by atoms with Crippen molar-refractivity contribution in [2.75, 3.05) is 0 Å². The lowest BCUT2D eigenvalue weighted by Crippen LogP contribution is -1.94. The summed E-state index contributed by atoms with van der Waals surface area (Å²) in [6.45, 7) is 0.519. The van der Waals surface area contributed by atoms with Crippen molar-refractivity contribution < 1.29 is 4.74 Å². The van der Waals surface area contributed by atoms with Crippen LogP contribution in [0.15, 0.2) is 81.7 Å². The molecule has 4 heteroatoms. The van der Waals surface area contributed by atoms with Gasteiger partial charge in [-0.05, 0) is 59.2 Å². The van der Waals surface area contributed by atoms with Gasteiger partial charge in [0.25, 0.3) is 0 Å². The van der Waals surface area contributed by atoms with E-state index in [9.17, 15) is 5.26 Å². The van der Waals surface area contributed by atoms with Crippen molar-refractivity contribution in [1.82, 2.24) is 0 Å². The third kappa shape index (κ3) is 5.08. The summed E-state index contributed by atoms with van der Waals surface area (Å²) in [6.07, 6.45) is 1.88. The van der Waals surface area contributed by atoms with E-state index in [0.29, 0.717) is 12.2 Å². The molecule has 0 amide bonds. The highest BCUT2D eigenvalue weighted by Crippen LogP contribution is 2.22. The summed E-state index contributed by atoms with van der Waals surface area (Å²) in [4.78, 5) is 0. The molecule has 0 atom stereocenters. The first-order valence-corrected chi connectivity index (χ1v) is 9.58. The van der Waals surface area contributed by atoms with Crippen LogP contribution in [0.5, 0.6) is 5.75 Å². The van der Waals surface area contributed by atoms with E-state index in [-0.39, 0.29) is 0 Å². The molecule has 0 fully saturated rings. The first-order valence-electron chi connectivity index (χ1n) is 7.99. The maximum atomic E-state index is 9.44. The average Bonchev–Trinajstić information content (AvgIpc) is 2.67. The van der Waals surface area contributed by atoms with Gasteiger partial charge in [-0.25, -0.2) is 0 Å². The van der Waals surface area contributed by atoms with E-state index in [1.165, 1.54) is 0 Å². The Bertz CT molecular complexity index is 937. The summed E-state index contributed by atoms with van der Waals surface area (Å²) in [7, 11) is 0. The van der Waals surface area contributed by atoms with Crippen molar-refractivity contribution in [2.45, 2.75) is 6.61 Å². The topological polar surface area (TPSA) is 33.0 Å². The van der Waals surface area contributed by atoms with Crippen LogP contribution < -0.4 is 4.74 Å². The Kier molecular flexibility index (Phi) is 6.27. The standard InChI is InChI=1S/C22H15Br2NO/c23-20-7-1-17(2-8-20)15-26-22-11-3-16(4-12-22)13-19(14-25)18-5-9-21(24)10-6-18/h1-13H,15H2/b19-13-. The molecule has 0 saturated heterocycles. The third-order valence-corrected chi connectivity index (χ3v) is 4.84. The monoisotopic (exact) mass is 467 g/mol. The molecule has 0 heterocycles. The number of allylic oxidation sites excluding steroid dienone is 1. The highest BCUT2D eigenvalue weighted by atomic mass is 79.9. The lowest BCUT2D eigenvalue weighted by atomic mass is 10.0. The summed E-state index contributed by atoms with van der Waals surface area (Å²) >= 11 is 6.83. The van der Waals surface area contributed by atoms with Crippen molar-refractivity contribution in [3.05, 3.63) is 98.4 Å². The number of hydrogen-bond acceptors (Lipinski definition) is 2. The van der Waals surface area contributed by atoms with E-state index in [0.717, 1.165) is 31.4 Å². The summed E-state index contributed by atoms with van der Waals surface area (Å²) in [5.41, 5.74) is 3.59. The highest BCUT2D eigenvalue weighted by molar-refractivity contribution is 9.10. The summed E-state index contributed by atoms with van der Waals surface area (Å²) < 4.78 is 7.85. The molecule has 3 aromatic rings. The van der Waals surface area contributed by atoms with E-state index in [1.807, 2.05) is 78.9 Å². The molecule has 0 N–H and O–H groups in total. The summed E-state index contributed by atoms with van der Waals surface area (Å²) in [6, 6.07) is 25.8. The maximum absolute atomic E-state index is 9.44. The number of benzene rings is 3. The molecule has 0 unspecified atom stereocenters. The van der Waals surface area contributed by atoms with Gasteiger partial charge in [-0.2, -0.15) is 5.26 Å². The molecule has 0 spiro atoms. The first-order chi connectivity index (χ1) is 12.6. The molecule has 0 aliphatic rings. The van der Waals surface area contributed by atoms with Gasteiger partial charge in [-0.1, -0.05) is 68.3 Å². The SMILES string of the molecule is N#C/C(=C/c1ccc(OCc2ccc(Br)cc2)cc1)c1ccc(Br)cc1. The van der Waals surface area contributed by atoms with Gasteiger partial charge < -0.3 is 4.74 Å². The quantitative estimate of drug-likeness (QED) is 0.302. The Hall–Kier alpha value is -2.35. The van der Waals surface area contributed by atoms with Crippen LogP contribution in [-0.2, 0) is 6.61 Å². The number of nitriles is 1. The number of halogens is 2. The Labute approximate surface area is 170 Å². The van der Waals surface area contributed by atoms with Crippen LogP contribution in [-0.4, -0.2) is 0 Å². The molecular weight excluding hydrogens is 454 g/mol. The van der Waals surface area contributed by atoms with Crippen LogP contribution in [0.4, 0.5) is 0 Å². The van der Waals surface area contributed by atoms with Crippen LogP contribution in [0.3, 0.4) is 0 Å². The Balaban J connectivity index is 1.69. The number of hydrogen-bond donors (Lipinski definition) is 0. The van der Waals surface area contributed by atoms with Crippen molar-refractivity contribution in [3.63, 3.8) is 0 Å². The second-order valence-electron chi connectivity index (χ2n) is 5.66. The van der Waals surface area contributed by atoms with Crippen LogP contribution in [0.2, 0.25) is 0 Å². The largest absolute Gasteiger partial charge is 0.489 e. The van der Waals surface area contributed by atoms with Crippen LogP contribution in [0.25, 0.3) is 11.6 Å². The van der Waals surface area contributed by atoms with E-state index in [2.05, 4.69) is 37.9 Å². The van der Waals surface area contributed by atoms with E-state index < -0.39 is 0 Å². The molecular formula is C22H15Br2NO. The Morgan fingerprint density at radius 2 is 1.42 bits per heavy atom. The molecule has 128 valence electrons. The fraction of sp³-hybridized carbons (Fsp3) is 0.0455. The summed E-state index contributed by atoms with van der Waals surface area (Å²) in [5, 5.41) is 9.44. The van der Waals surface area contributed by atoms with Crippen molar-refractivity contribution >= 4 is 43.5 Å². The van der Waals surface area contributed by atoms with E-state index >= 15 is 0 Å². The van der Waals surface area contributed by atoms with Crippen molar-refractivity contribution in [2.24, 2.45) is 0 Å². The predicted octanol–water partition coefficient (Wildman–Crippen LogP) is 6.85. The van der Waals surface area contributed by atoms with Gasteiger partial charge in [0.1, 0.15) is 12.4 Å². The minimum atomic E-state index is 0.519. The average molecular weight is 469 g/mol. The lowest BCUT2D eigenvalue weighted by Gasteiger charge is -2.07. The zero-order valence-corrected chi connectivity index (χ0v) is 17.0. The van der Waals surface area contributed by atoms with Crippen LogP contribution >= 0.6 is 31.9 Å². The third-order valence-electron chi connectivity index (χ3n) is 3.79. The highest BCUT2D eigenvalue weighted by Gasteiger charge is 2.02. The molecule has 0 aromatic heterocycles. The maximum Gasteiger partial charge on any atom is 0.119 e. The van der Waals surface area contributed by atoms with Gasteiger partial charge in [0.15, 0.2) is 0 Å². The first kappa shape index (κ1) is 18.4. The minimum absolute atomic E-state index is 0.519. The lowest BCUT2D eigenvalue weighted by molar-refractivity contribution is 0.306. The number of rotatable bonds is 5. The second-order valence-corrected chi connectivity index (χ2v) is 7.49. The predicted molar refractivity (Wildman–Crippen MR) is 113 cm³/mol. The number of ether oxygens (including phenoxy) is 1. The molecule has 0 aliphatic heterocycles. The zero-order valence-electron chi connectivity index (χ0n) is 13.8. The second kappa shape index (κ2) is 8.84. The van der Waals surface area contributed by atoms with Crippen molar-refractivity contribution in [3.8, 4) is 11.8 Å². The Morgan fingerprint density at radius 3 is 2.00 bits per heavy atom. The van der Waals surface area contributed by atoms with E-state index in [4.69, 9.17) is 4.74 Å². The van der Waals surface area contributed by atoms with Gasteiger partial charge >= 0.3 is 0 Å². The van der Waals surface area contributed by atoms with Crippen LogP contribution in [0.1, 0.15) is 16.7 Å². The van der Waals surface area contributed by atoms with Gasteiger partial charge in [0.05, 0.1) is 11.6 Å². The fourth-order valence-corrected chi connectivity index (χ4v) is 2.91.